The van der Waals surface area contributed by atoms with Crippen LogP contribution < -0.4 is 4.72 Å². The third-order valence-electron chi connectivity index (χ3n) is 1.94. The van der Waals surface area contributed by atoms with E-state index in [0.717, 1.165) is 6.08 Å². The fraction of sp³-hybridized carbons (Fsp3) is 0.182. The third kappa shape index (κ3) is 2.93. The van der Waals surface area contributed by atoms with Crippen molar-refractivity contribution in [1.29, 1.82) is 0 Å². The Kier molecular flexibility index (Phi) is 3.84. The first-order valence-electron chi connectivity index (χ1n) is 4.72. The van der Waals surface area contributed by atoms with Gasteiger partial charge in [-0.1, -0.05) is 24.3 Å². The average Bonchev–Trinajstić information content (AvgIpc) is 2.17. The lowest BCUT2D eigenvalue weighted by Crippen LogP contribution is -2.29. The van der Waals surface area contributed by atoms with Gasteiger partial charge >= 0.3 is 0 Å². The van der Waals surface area contributed by atoms with Gasteiger partial charge in [-0.05, 0) is 31.6 Å². The third-order valence-corrected chi connectivity index (χ3v) is 3.44. The molecule has 0 fully saturated rings. The second kappa shape index (κ2) is 4.94. The van der Waals surface area contributed by atoms with E-state index < -0.39 is 15.9 Å². The van der Waals surface area contributed by atoms with Gasteiger partial charge in [-0.3, -0.25) is 4.79 Å². The van der Waals surface area contributed by atoms with Gasteiger partial charge in [0.2, 0.25) is 0 Å². The van der Waals surface area contributed by atoms with Gasteiger partial charge in [-0.15, -0.1) is 0 Å². The largest absolute Gasteiger partial charge is 0.269 e. The highest BCUT2D eigenvalue weighted by Gasteiger charge is 2.17. The standard InChI is InChI=1S/C11H13NO3S/c1-3-6-11(13)12-16(14,15)10-8-5-4-7-9(10)2/h3-8H,1-2H3,(H,12,13)/b6-3+. The molecule has 0 bridgehead atoms. The van der Waals surface area contributed by atoms with Crippen LogP contribution >= 0.6 is 0 Å². The van der Waals surface area contributed by atoms with Crippen LogP contribution in [-0.2, 0) is 14.8 Å². The van der Waals surface area contributed by atoms with Gasteiger partial charge in [0, 0.05) is 0 Å². The fourth-order valence-electron chi connectivity index (χ4n) is 1.23. The van der Waals surface area contributed by atoms with Crippen molar-refractivity contribution in [3.8, 4) is 0 Å². The molecule has 0 atom stereocenters. The van der Waals surface area contributed by atoms with Crippen molar-refractivity contribution in [2.75, 3.05) is 0 Å². The number of carbonyl (C=O) groups excluding carboxylic acids is 1. The van der Waals surface area contributed by atoms with E-state index in [1.807, 2.05) is 4.72 Å². The Bertz CT molecular complexity index is 518. The highest BCUT2D eigenvalue weighted by Crippen LogP contribution is 2.13. The number of allylic oxidation sites excluding steroid dienone is 1. The number of nitrogens with one attached hydrogen (secondary N) is 1. The minimum absolute atomic E-state index is 0.118. The minimum Gasteiger partial charge on any atom is -0.269 e. The molecule has 86 valence electrons. The normalized spacial score (nSPS) is 11.6. The van der Waals surface area contributed by atoms with Gasteiger partial charge in [0.25, 0.3) is 15.9 Å². The van der Waals surface area contributed by atoms with Crippen LogP contribution in [0.5, 0.6) is 0 Å². The summed E-state index contributed by atoms with van der Waals surface area (Å²) in [7, 11) is -3.76. The molecule has 1 amide bonds. The van der Waals surface area contributed by atoms with Crippen LogP contribution in [-0.4, -0.2) is 14.3 Å². The maximum Gasteiger partial charge on any atom is 0.264 e. The number of rotatable bonds is 3. The summed E-state index contributed by atoms with van der Waals surface area (Å²) in [6.45, 7) is 3.31. The molecule has 1 rings (SSSR count). The Morgan fingerprint density at radius 1 is 1.31 bits per heavy atom. The second-order valence-electron chi connectivity index (χ2n) is 3.24. The molecule has 1 aromatic rings. The van der Waals surface area contributed by atoms with E-state index >= 15 is 0 Å². The predicted octanol–water partition coefficient (Wildman–Crippen LogP) is 1.38. The van der Waals surface area contributed by atoms with Crippen molar-refractivity contribution < 1.29 is 13.2 Å². The van der Waals surface area contributed by atoms with E-state index in [2.05, 4.69) is 0 Å². The molecular formula is C11H13NO3S. The molecule has 1 N–H and O–H groups in total. The first kappa shape index (κ1) is 12.4. The summed E-state index contributed by atoms with van der Waals surface area (Å²) in [6, 6.07) is 6.49. The second-order valence-corrected chi connectivity index (χ2v) is 4.89. The van der Waals surface area contributed by atoms with E-state index in [9.17, 15) is 13.2 Å². The molecule has 0 aliphatic carbocycles. The number of amides is 1. The molecule has 0 aliphatic heterocycles. The summed E-state index contributed by atoms with van der Waals surface area (Å²) < 4.78 is 25.5. The molecule has 16 heavy (non-hydrogen) atoms. The number of benzene rings is 1. The van der Waals surface area contributed by atoms with Crippen LogP contribution in [0.15, 0.2) is 41.3 Å². The number of hydrogen-bond donors (Lipinski definition) is 1. The first-order valence-corrected chi connectivity index (χ1v) is 6.21. The summed E-state index contributed by atoms with van der Waals surface area (Å²) in [5.41, 5.74) is 0.600. The zero-order valence-electron chi connectivity index (χ0n) is 9.10. The molecule has 0 aromatic heterocycles. The van der Waals surface area contributed by atoms with Crippen LogP contribution in [0.1, 0.15) is 12.5 Å². The van der Waals surface area contributed by atoms with E-state index in [4.69, 9.17) is 0 Å². The van der Waals surface area contributed by atoms with E-state index in [0.29, 0.717) is 5.56 Å². The van der Waals surface area contributed by atoms with Crippen LogP contribution in [0.4, 0.5) is 0 Å². The van der Waals surface area contributed by atoms with Crippen molar-refractivity contribution >= 4 is 15.9 Å². The molecule has 0 heterocycles. The monoisotopic (exact) mass is 239 g/mol. The van der Waals surface area contributed by atoms with Crippen molar-refractivity contribution in [2.45, 2.75) is 18.7 Å². The summed E-state index contributed by atoms with van der Waals surface area (Å²) in [5.74, 6) is -0.647. The van der Waals surface area contributed by atoms with Gasteiger partial charge in [-0.2, -0.15) is 0 Å². The molecule has 0 spiro atoms. The topological polar surface area (TPSA) is 63.2 Å². The van der Waals surface area contributed by atoms with Gasteiger partial charge < -0.3 is 0 Å². The first-order chi connectivity index (χ1) is 7.47. The van der Waals surface area contributed by atoms with Gasteiger partial charge in [0.15, 0.2) is 0 Å². The Hall–Kier alpha value is -1.62. The quantitative estimate of drug-likeness (QED) is 0.810. The Labute approximate surface area is 95.0 Å². The molecule has 5 heteroatoms. The molecule has 4 nitrogen and oxygen atoms in total. The number of sulfonamides is 1. The number of hydrogen-bond acceptors (Lipinski definition) is 3. The van der Waals surface area contributed by atoms with Crippen molar-refractivity contribution in [2.24, 2.45) is 0 Å². The van der Waals surface area contributed by atoms with Crippen molar-refractivity contribution in [3.05, 3.63) is 42.0 Å². The highest BCUT2D eigenvalue weighted by molar-refractivity contribution is 7.90. The van der Waals surface area contributed by atoms with E-state index in [-0.39, 0.29) is 4.90 Å². The summed E-state index contributed by atoms with van der Waals surface area (Å²) >= 11 is 0. The Morgan fingerprint density at radius 2 is 1.94 bits per heavy atom. The molecule has 0 unspecified atom stereocenters. The zero-order valence-corrected chi connectivity index (χ0v) is 9.91. The van der Waals surface area contributed by atoms with E-state index in [1.165, 1.54) is 12.1 Å². The van der Waals surface area contributed by atoms with Crippen LogP contribution in [0.2, 0.25) is 0 Å². The molecular weight excluding hydrogens is 226 g/mol. The molecule has 1 aromatic carbocycles. The number of carbonyl (C=O) groups is 1. The van der Waals surface area contributed by atoms with Crippen molar-refractivity contribution in [3.63, 3.8) is 0 Å². The van der Waals surface area contributed by atoms with Gasteiger partial charge in [0.05, 0.1) is 4.90 Å². The average molecular weight is 239 g/mol. The lowest BCUT2D eigenvalue weighted by Gasteiger charge is -2.07. The Balaban J connectivity index is 3.04. The maximum atomic E-state index is 11.8. The van der Waals surface area contributed by atoms with Crippen LogP contribution in [0.25, 0.3) is 0 Å². The zero-order chi connectivity index (χ0) is 12.2. The molecule has 0 radical (unpaired) electrons. The smallest absolute Gasteiger partial charge is 0.264 e. The van der Waals surface area contributed by atoms with Crippen molar-refractivity contribution in [1.82, 2.24) is 4.72 Å². The summed E-state index contributed by atoms with van der Waals surface area (Å²) in [6.07, 6.45) is 2.64. The predicted molar refractivity (Wildman–Crippen MR) is 61.3 cm³/mol. The minimum atomic E-state index is -3.76. The van der Waals surface area contributed by atoms with E-state index in [1.54, 1.807) is 32.0 Å². The van der Waals surface area contributed by atoms with Crippen LogP contribution in [0, 0.1) is 6.92 Å². The lowest BCUT2D eigenvalue weighted by atomic mass is 10.2. The maximum absolute atomic E-state index is 11.8. The summed E-state index contributed by atoms with van der Waals surface area (Å²) in [4.78, 5) is 11.3. The number of aryl methyl sites for hydroxylation is 1. The summed E-state index contributed by atoms with van der Waals surface area (Å²) in [5, 5.41) is 0. The molecule has 0 saturated carbocycles. The Morgan fingerprint density at radius 3 is 2.50 bits per heavy atom. The fourth-order valence-corrected chi connectivity index (χ4v) is 2.42. The highest BCUT2D eigenvalue weighted by atomic mass is 32.2. The lowest BCUT2D eigenvalue weighted by molar-refractivity contribution is -0.114. The van der Waals surface area contributed by atoms with Gasteiger partial charge in [-0.25, -0.2) is 13.1 Å². The molecule has 0 saturated heterocycles. The molecule has 0 aliphatic rings. The van der Waals surface area contributed by atoms with Crippen LogP contribution in [0.3, 0.4) is 0 Å². The van der Waals surface area contributed by atoms with Gasteiger partial charge in [0.1, 0.15) is 0 Å². The SMILES string of the molecule is C/C=C/C(=O)NS(=O)(=O)c1ccccc1C.